The Morgan fingerprint density at radius 1 is 0.889 bits per heavy atom. The Morgan fingerprint density at radius 3 is 2.42 bits per heavy atom. The number of nitrogens with one attached hydrogen (secondary N) is 3. The number of pyridine rings is 1. The molecule has 0 spiro atoms. The zero-order valence-corrected chi connectivity index (χ0v) is 21.0. The first kappa shape index (κ1) is 25.5. The molecule has 0 aliphatic heterocycles. The van der Waals surface area contributed by atoms with Crippen LogP contribution in [0.2, 0.25) is 0 Å². The molecule has 0 fully saturated rings. The first-order valence-corrected chi connectivity index (χ1v) is 13.4. The third-order valence-electron chi connectivity index (χ3n) is 5.80. The maximum Gasteiger partial charge on any atom is 0.241 e. The fourth-order valence-corrected chi connectivity index (χ4v) is 5.33. The van der Waals surface area contributed by atoms with E-state index in [1.54, 1.807) is 24.5 Å². The van der Waals surface area contributed by atoms with Crippen molar-refractivity contribution in [1.29, 1.82) is 0 Å². The minimum Gasteiger partial charge on any atom is -0.326 e. The number of aryl methyl sites for hydroxylation is 1. The third-order valence-corrected chi connectivity index (χ3v) is 7.30. The fourth-order valence-electron chi connectivity index (χ4n) is 4.05. The van der Waals surface area contributed by atoms with Gasteiger partial charge in [0.25, 0.3) is 0 Å². The van der Waals surface area contributed by atoms with Crippen molar-refractivity contribution in [3.05, 3.63) is 90.8 Å². The van der Waals surface area contributed by atoms with Crippen LogP contribution in [0.15, 0.2) is 90.1 Å². The second-order valence-corrected chi connectivity index (χ2v) is 10.3. The number of hydrogen-bond acceptors (Lipinski definition) is 5. The number of hydrogen-bond donors (Lipinski definition) is 3. The zero-order chi connectivity index (χ0) is 25.4. The van der Waals surface area contributed by atoms with E-state index in [2.05, 4.69) is 20.3 Å². The van der Waals surface area contributed by atoms with Crippen LogP contribution in [0.1, 0.15) is 18.9 Å². The molecule has 0 saturated carbocycles. The van der Waals surface area contributed by atoms with Crippen LogP contribution in [-0.4, -0.2) is 38.9 Å². The van der Waals surface area contributed by atoms with E-state index >= 15 is 0 Å². The number of rotatable bonds is 11. The number of nitrogens with zero attached hydrogens (tertiary/aromatic N) is 1. The maximum absolute atomic E-state index is 13.2. The van der Waals surface area contributed by atoms with Gasteiger partial charge in [0.05, 0.1) is 4.90 Å². The van der Waals surface area contributed by atoms with Gasteiger partial charge in [-0.1, -0.05) is 42.5 Å². The highest BCUT2D eigenvalue weighted by molar-refractivity contribution is 7.89. The summed E-state index contributed by atoms with van der Waals surface area (Å²) < 4.78 is 29.2. The standard InChI is InChI=1S/C28H30N4O3S/c1-21(33)32-26-11-9-22(10-12-26)6-5-14-29-16-17-31-36(34,35)28-19-24(23-7-3-2-4-8-23)18-25-20-30-15-13-27(25)28/h2-4,7-13,15,18-20,29,31H,5-6,14,16-17H2,1H3,(H,32,33). The Labute approximate surface area is 212 Å². The summed E-state index contributed by atoms with van der Waals surface area (Å²) in [5.74, 6) is -0.0864. The molecule has 1 aromatic heterocycles. The molecule has 0 bridgehead atoms. The molecular weight excluding hydrogens is 472 g/mol. The van der Waals surface area contributed by atoms with Gasteiger partial charge in [-0.05, 0) is 66.4 Å². The van der Waals surface area contributed by atoms with Crippen molar-refractivity contribution in [3.8, 4) is 11.1 Å². The van der Waals surface area contributed by atoms with Crippen molar-refractivity contribution in [2.24, 2.45) is 0 Å². The predicted octanol–water partition coefficient (Wildman–Crippen LogP) is 4.36. The highest BCUT2D eigenvalue weighted by Crippen LogP contribution is 2.30. The van der Waals surface area contributed by atoms with E-state index in [0.29, 0.717) is 11.9 Å². The second kappa shape index (κ2) is 11.9. The van der Waals surface area contributed by atoms with Crippen molar-refractivity contribution in [2.45, 2.75) is 24.7 Å². The van der Waals surface area contributed by atoms with Crippen LogP contribution in [0.4, 0.5) is 5.69 Å². The average Bonchev–Trinajstić information content (AvgIpc) is 2.88. The van der Waals surface area contributed by atoms with Gasteiger partial charge in [-0.15, -0.1) is 0 Å². The van der Waals surface area contributed by atoms with Gasteiger partial charge >= 0.3 is 0 Å². The maximum atomic E-state index is 13.2. The molecule has 1 amide bonds. The van der Waals surface area contributed by atoms with Gasteiger partial charge in [-0.2, -0.15) is 0 Å². The Balaban J connectivity index is 1.31. The van der Waals surface area contributed by atoms with E-state index in [-0.39, 0.29) is 17.3 Å². The number of anilines is 1. The van der Waals surface area contributed by atoms with Crippen molar-refractivity contribution in [1.82, 2.24) is 15.0 Å². The smallest absolute Gasteiger partial charge is 0.241 e. The summed E-state index contributed by atoms with van der Waals surface area (Å²) in [5, 5.41) is 7.48. The molecule has 0 aliphatic rings. The number of sulfonamides is 1. The van der Waals surface area contributed by atoms with E-state index in [0.717, 1.165) is 41.6 Å². The van der Waals surface area contributed by atoms with Gasteiger partial charge < -0.3 is 10.6 Å². The summed E-state index contributed by atoms with van der Waals surface area (Å²) in [6.45, 7) is 3.07. The highest BCUT2D eigenvalue weighted by atomic mass is 32.2. The molecule has 0 saturated heterocycles. The molecule has 0 atom stereocenters. The van der Waals surface area contributed by atoms with E-state index < -0.39 is 10.0 Å². The number of fused-ring (bicyclic) bond motifs is 1. The zero-order valence-electron chi connectivity index (χ0n) is 20.2. The van der Waals surface area contributed by atoms with Crippen molar-refractivity contribution >= 4 is 32.4 Å². The van der Waals surface area contributed by atoms with Crippen molar-refractivity contribution in [3.63, 3.8) is 0 Å². The predicted molar refractivity (Wildman–Crippen MR) is 144 cm³/mol. The van der Waals surface area contributed by atoms with E-state index in [9.17, 15) is 13.2 Å². The van der Waals surface area contributed by atoms with Crippen LogP contribution in [0.25, 0.3) is 21.9 Å². The fraction of sp³-hybridized carbons (Fsp3) is 0.214. The number of carbonyl (C=O) groups is 1. The lowest BCUT2D eigenvalue weighted by atomic mass is 10.0. The lowest BCUT2D eigenvalue weighted by Crippen LogP contribution is -2.32. The second-order valence-electron chi connectivity index (χ2n) is 8.57. The number of benzene rings is 3. The first-order valence-electron chi connectivity index (χ1n) is 11.9. The van der Waals surface area contributed by atoms with Gasteiger partial charge in [0.2, 0.25) is 15.9 Å². The topological polar surface area (TPSA) is 100 Å². The largest absolute Gasteiger partial charge is 0.326 e. The molecule has 0 aliphatic carbocycles. The van der Waals surface area contributed by atoms with E-state index in [4.69, 9.17) is 0 Å². The molecule has 7 nitrogen and oxygen atoms in total. The van der Waals surface area contributed by atoms with Crippen LogP contribution >= 0.6 is 0 Å². The molecule has 186 valence electrons. The van der Waals surface area contributed by atoms with Gasteiger partial charge in [0.15, 0.2) is 0 Å². The van der Waals surface area contributed by atoms with Crippen LogP contribution < -0.4 is 15.4 Å². The SMILES string of the molecule is CC(=O)Nc1ccc(CCCNCCNS(=O)(=O)c2cc(-c3ccccc3)cc3cnccc23)cc1. The molecule has 4 aromatic rings. The van der Waals surface area contributed by atoms with Crippen LogP contribution in [-0.2, 0) is 21.2 Å². The molecule has 8 heteroatoms. The summed E-state index contributed by atoms with van der Waals surface area (Å²) in [6.07, 6.45) is 5.11. The van der Waals surface area contributed by atoms with Gasteiger partial charge in [-0.3, -0.25) is 9.78 Å². The van der Waals surface area contributed by atoms with Crippen molar-refractivity contribution < 1.29 is 13.2 Å². The lowest BCUT2D eigenvalue weighted by Gasteiger charge is -2.13. The highest BCUT2D eigenvalue weighted by Gasteiger charge is 2.18. The summed E-state index contributed by atoms with van der Waals surface area (Å²) in [4.78, 5) is 15.5. The molecular formula is C28H30N4O3S. The minimum absolute atomic E-state index is 0.0864. The monoisotopic (exact) mass is 502 g/mol. The number of amides is 1. The van der Waals surface area contributed by atoms with Crippen LogP contribution in [0.3, 0.4) is 0 Å². The number of aromatic nitrogens is 1. The average molecular weight is 503 g/mol. The van der Waals surface area contributed by atoms with Crippen molar-refractivity contribution in [2.75, 3.05) is 25.0 Å². The summed E-state index contributed by atoms with van der Waals surface area (Å²) in [7, 11) is -3.71. The van der Waals surface area contributed by atoms with Gasteiger partial charge in [0, 0.05) is 48.9 Å². The molecule has 4 rings (SSSR count). The molecule has 3 aromatic carbocycles. The molecule has 36 heavy (non-hydrogen) atoms. The normalized spacial score (nSPS) is 11.5. The van der Waals surface area contributed by atoms with Gasteiger partial charge in [0.1, 0.15) is 0 Å². The van der Waals surface area contributed by atoms with E-state index in [1.807, 2.05) is 60.7 Å². The number of carbonyl (C=O) groups excluding carboxylic acids is 1. The Morgan fingerprint density at radius 2 is 1.67 bits per heavy atom. The minimum atomic E-state index is -3.71. The quantitative estimate of drug-likeness (QED) is 0.265. The van der Waals surface area contributed by atoms with Gasteiger partial charge in [-0.25, -0.2) is 13.1 Å². The van der Waals surface area contributed by atoms with Crippen LogP contribution in [0.5, 0.6) is 0 Å². The lowest BCUT2D eigenvalue weighted by molar-refractivity contribution is -0.114. The summed E-state index contributed by atoms with van der Waals surface area (Å²) in [6, 6.07) is 22.9. The Bertz CT molecular complexity index is 1420. The molecule has 3 N–H and O–H groups in total. The molecule has 0 radical (unpaired) electrons. The Hall–Kier alpha value is -3.59. The summed E-state index contributed by atoms with van der Waals surface area (Å²) in [5.41, 5.74) is 3.76. The Kier molecular flexibility index (Phi) is 8.43. The molecule has 1 heterocycles. The van der Waals surface area contributed by atoms with E-state index in [1.165, 1.54) is 12.5 Å². The summed E-state index contributed by atoms with van der Waals surface area (Å²) >= 11 is 0. The van der Waals surface area contributed by atoms with Crippen LogP contribution in [0, 0.1) is 0 Å². The molecule has 0 unspecified atom stereocenters. The first-order chi connectivity index (χ1) is 17.4. The third kappa shape index (κ3) is 6.75.